The van der Waals surface area contributed by atoms with Gasteiger partial charge in [0.25, 0.3) is 0 Å². The molecule has 2 aromatic rings. The van der Waals surface area contributed by atoms with Gasteiger partial charge in [-0.3, -0.25) is 0 Å². The van der Waals surface area contributed by atoms with Crippen molar-refractivity contribution in [3.63, 3.8) is 0 Å². The Hall–Kier alpha value is -1.59. The first-order chi connectivity index (χ1) is 10.8. The van der Waals surface area contributed by atoms with Gasteiger partial charge in [0.05, 0.1) is 12.8 Å². The Labute approximate surface area is 137 Å². The fourth-order valence-corrected chi connectivity index (χ4v) is 3.04. The van der Waals surface area contributed by atoms with E-state index in [-0.39, 0.29) is 0 Å². The first-order valence-corrected chi connectivity index (χ1v) is 8.71. The number of hydrogen-bond acceptors (Lipinski definition) is 5. The van der Waals surface area contributed by atoms with Crippen molar-refractivity contribution in [2.24, 2.45) is 0 Å². The van der Waals surface area contributed by atoms with Gasteiger partial charge in [0.15, 0.2) is 5.13 Å². The number of ether oxygens (including phenoxy) is 1. The third kappa shape index (κ3) is 4.71. The summed E-state index contributed by atoms with van der Waals surface area (Å²) in [6.45, 7) is 8.76. The molecule has 0 aliphatic heterocycles. The summed E-state index contributed by atoms with van der Waals surface area (Å²) in [5.74, 6) is 0.869. The topological polar surface area (TPSA) is 37.4 Å². The highest BCUT2D eigenvalue weighted by molar-refractivity contribution is 7.14. The summed E-state index contributed by atoms with van der Waals surface area (Å²) in [6, 6.07) is 8.01. The summed E-state index contributed by atoms with van der Waals surface area (Å²) in [5, 5.41) is 6.50. The van der Waals surface area contributed by atoms with Crippen LogP contribution in [0.3, 0.4) is 0 Å². The van der Waals surface area contributed by atoms with E-state index in [1.807, 2.05) is 24.3 Å². The van der Waals surface area contributed by atoms with Gasteiger partial charge in [0.2, 0.25) is 0 Å². The summed E-state index contributed by atoms with van der Waals surface area (Å²) < 4.78 is 5.18. The SMILES string of the molecule is CCN(CC)CCCNc1nc(-c2ccc(OC)cc2)cs1. The van der Waals surface area contributed by atoms with Crippen molar-refractivity contribution in [2.45, 2.75) is 20.3 Å². The van der Waals surface area contributed by atoms with Crippen LogP contribution in [0.5, 0.6) is 5.75 Å². The lowest BCUT2D eigenvalue weighted by Crippen LogP contribution is -2.25. The average molecular weight is 319 g/mol. The van der Waals surface area contributed by atoms with E-state index in [9.17, 15) is 0 Å². The maximum Gasteiger partial charge on any atom is 0.183 e. The summed E-state index contributed by atoms with van der Waals surface area (Å²) >= 11 is 1.66. The van der Waals surface area contributed by atoms with Crippen LogP contribution in [0.4, 0.5) is 5.13 Å². The molecule has 0 radical (unpaired) electrons. The standard InChI is InChI=1S/C17H25N3OS/c1-4-20(5-2)12-6-11-18-17-19-16(13-22-17)14-7-9-15(21-3)10-8-14/h7-10,13H,4-6,11-12H2,1-3H3,(H,18,19). The van der Waals surface area contributed by atoms with E-state index in [1.54, 1.807) is 18.4 Å². The first kappa shape index (κ1) is 16.8. The molecule has 1 heterocycles. The van der Waals surface area contributed by atoms with E-state index in [0.717, 1.165) is 54.7 Å². The van der Waals surface area contributed by atoms with Gasteiger partial charge in [0.1, 0.15) is 5.75 Å². The highest BCUT2D eigenvalue weighted by Crippen LogP contribution is 2.26. The predicted octanol–water partition coefficient (Wildman–Crippen LogP) is 3.96. The normalized spacial score (nSPS) is 10.9. The van der Waals surface area contributed by atoms with Gasteiger partial charge in [-0.1, -0.05) is 13.8 Å². The smallest absolute Gasteiger partial charge is 0.183 e. The summed E-state index contributed by atoms with van der Waals surface area (Å²) in [7, 11) is 1.68. The zero-order valence-corrected chi connectivity index (χ0v) is 14.4. The molecule has 0 spiro atoms. The molecule has 2 rings (SSSR count). The lowest BCUT2D eigenvalue weighted by Gasteiger charge is -2.17. The minimum absolute atomic E-state index is 0.869. The predicted molar refractivity (Wildman–Crippen MR) is 95.0 cm³/mol. The van der Waals surface area contributed by atoms with E-state index in [0.29, 0.717) is 0 Å². The quantitative estimate of drug-likeness (QED) is 0.710. The molecular formula is C17H25N3OS. The van der Waals surface area contributed by atoms with Crippen LogP contribution in [-0.4, -0.2) is 43.2 Å². The van der Waals surface area contributed by atoms with E-state index in [1.165, 1.54) is 0 Å². The highest BCUT2D eigenvalue weighted by atomic mass is 32.1. The molecule has 0 amide bonds. The lowest BCUT2D eigenvalue weighted by atomic mass is 10.2. The molecule has 22 heavy (non-hydrogen) atoms. The summed E-state index contributed by atoms with van der Waals surface area (Å²) in [6.07, 6.45) is 1.14. The molecule has 0 bridgehead atoms. The Morgan fingerprint density at radius 3 is 2.55 bits per heavy atom. The molecule has 0 fully saturated rings. The first-order valence-electron chi connectivity index (χ1n) is 7.83. The number of methoxy groups -OCH3 is 1. The summed E-state index contributed by atoms with van der Waals surface area (Å²) in [4.78, 5) is 7.08. The molecule has 0 saturated carbocycles. The second kappa shape index (κ2) is 8.76. The molecule has 0 aliphatic rings. The number of hydrogen-bond donors (Lipinski definition) is 1. The summed E-state index contributed by atoms with van der Waals surface area (Å²) in [5.41, 5.74) is 2.13. The third-order valence-electron chi connectivity index (χ3n) is 3.71. The molecule has 120 valence electrons. The number of benzene rings is 1. The van der Waals surface area contributed by atoms with Crippen molar-refractivity contribution < 1.29 is 4.74 Å². The Morgan fingerprint density at radius 2 is 1.91 bits per heavy atom. The van der Waals surface area contributed by atoms with E-state index < -0.39 is 0 Å². The van der Waals surface area contributed by atoms with Crippen molar-refractivity contribution in [1.29, 1.82) is 0 Å². The van der Waals surface area contributed by atoms with Gasteiger partial charge in [-0.15, -0.1) is 11.3 Å². The molecule has 5 heteroatoms. The van der Waals surface area contributed by atoms with Crippen molar-refractivity contribution in [1.82, 2.24) is 9.88 Å². The fraction of sp³-hybridized carbons (Fsp3) is 0.471. The molecule has 0 aliphatic carbocycles. The second-order valence-electron chi connectivity index (χ2n) is 5.07. The number of thiazole rings is 1. The van der Waals surface area contributed by atoms with Crippen LogP contribution < -0.4 is 10.1 Å². The van der Waals surface area contributed by atoms with Crippen molar-refractivity contribution >= 4 is 16.5 Å². The van der Waals surface area contributed by atoms with Gasteiger partial charge < -0.3 is 15.0 Å². The molecule has 4 nitrogen and oxygen atoms in total. The van der Waals surface area contributed by atoms with Gasteiger partial charge in [-0.05, 0) is 50.3 Å². The molecular weight excluding hydrogens is 294 g/mol. The fourth-order valence-electron chi connectivity index (χ4n) is 2.29. The molecule has 0 unspecified atom stereocenters. The number of aromatic nitrogens is 1. The maximum absolute atomic E-state index is 5.18. The minimum atomic E-state index is 0.869. The van der Waals surface area contributed by atoms with Crippen LogP contribution in [0.15, 0.2) is 29.6 Å². The Balaban J connectivity index is 1.83. The van der Waals surface area contributed by atoms with Crippen molar-refractivity contribution in [3.05, 3.63) is 29.6 Å². The zero-order valence-electron chi connectivity index (χ0n) is 13.6. The molecule has 0 atom stereocenters. The van der Waals surface area contributed by atoms with Crippen LogP contribution >= 0.6 is 11.3 Å². The Bertz CT molecular complexity index is 549. The number of nitrogens with zero attached hydrogens (tertiary/aromatic N) is 2. The number of nitrogens with one attached hydrogen (secondary N) is 1. The largest absolute Gasteiger partial charge is 0.497 e. The monoisotopic (exact) mass is 319 g/mol. The zero-order chi connectivity index (χ0) is 15.8. The molecule has 1 aromatic heterocycles. The van der Waals surface area contributed by atoms with Gasteiger partial charge >= 0.3 is 0 Å². The molecule has 1 aromatic carbocycles. The lowest BCUT2D eigenvalue weighted by molar-refractivity contribution is 0.303. The van der Waals surface area contributed by atoms with Crippen LogP contribution in [0, 0.1) is 0 Å². The maximum atomic E-state index is 5.18. The van der Waals surface area contributed by atoms with Crippen LogP contribution in [-0.2, 0) is 0 Å². The molecule has 0 saturated heterocycles. The van der Waals surface area contributed by atoms with Crippen LogP contribution in [0.1, 0.15) is 20.3 Å². The Kier molecular flexibility index (Phi) is 6.68. The number of rotatable bonds is 9. The van der Waals surface area contributed by atoms with Gasteiger partial charge in [0, 0.05) is 17.5 Å². The van der Waals surface area contributed by atoms with Gasteiger partial charge in [-0.25, -0.2) is 4.98 Å². The van der Waals surface area contributed by atoms with E-state index in [4.69, 9.17) is 4.74 Å². The van der Waals surface area contributed by atoms with Crippen LogP contribution in [0.25, 0.3) is 11.3 Å². The molecule has 1 N–H and O–H groups in total. The van der Waals surface area contributed by atoms with Gasteiger partial charge in [-0.2, -0.15) is 0 Å². The van der Waals surface area contributed by atoms with Crippen molar-refractivity contribution in [3.8, 4) is 17.0 Å². The van der Waals surface area contributed by atoms with Crippen molar-refractivity contribution in [2.75, 3.05) is 38.6 Å². The van der Waals surface area contributed by atoms with E-state index >= 15 is 0 Å². The third-order valence-corrected chi connectivity index (χ3v) is 4.51. The number of anilines is 1. The minimum Gasteiger partial charge on any atom is -0.497 e. The van der Waals surface area contributed by atoms with Crippen LogP contribution in [0.2, 0.25) is 0 Å². The van der Waals surface area contributed by atoms with E-state index in [2.05, 4.69) is 34.4 Å². The average Bonchev–Trinajstić information content (AvgIpc) is 3.04. The second-order valence-corrected chi connectivity index (χ2v) is 5.93. The Morgan fingerprint density at radius 1 is 1.18 bits per heavy atom. The highest BCUT2D eigenvalue weighted by Gasteiger charge is 2.05.